The van der Waals surface area contributed by atoms with Gasteiger partial charge in [0.25, 0.3) is 0 Å². The summed E-state index contributed by atoms with van der Waals surface area (Å²) in [5, 5.41) is 2.91. The lowest BCUT2D eigenvalue weighted by Crippen LogP contribution is -2.52. The average molecular weight is 520 g/mol. The van der Waals surface area contributed by atoms with Crippen LogP contribution in [0.3, 0.4) is 0 Å². The molecule has 2 aromatic rings. The third-order valence-corrected chi connectivity index (χ3v) is 7.10. The van der Waals surface area contributed by atoms with E-state index in [1.54, 1.807) is 19.1 Å². The SMILES string of the molecule is CC[C@@H](C)NC(=O)[C@H](C)N(Cc1ccc(C)cc1)C(=O)CN(c1ccc(OC)cc1OC)S(C)(=O)=O. The van der Waals surface area contributed by atoms with E-state index in [-0.39, 0.29) is 29.9 Å². The number of carbonyl (C=O) groups excluding carboxylic acids is 2. The molecule has 0 fully saturated rings. The van der Waals surface area contributed by atoms with Crippen molar-refractivity contribution in [3.8, 4) is 11.5 Å². The number of anilines is 1. The first-order valence-corrected chi connectivity index (χ1v) is 13.6. The second kappa shape index (κ2) is 12.6. The van der Waals surface area contributed by atoms with Crippen LogP contribution in [0, 0.1) is 6.92 Å². The lowest BCUT2D eigenvalue weighted by Gasteiger charge is -2.32. The van der Waals surface area contributed by atoms with Crippen LogP contribution in [0.15, 0.2) is 42.5 Å². The molecule has 0 aliphatic carbocycles. The molecule has 0 unspecified atom stereocenters. The normalized spacial score (nSPS) is 12.9. The molecule has 2 rings (SSSR count). The minimum absolute atomic E-state index is 0.0626. The molecule has 198 valence electrons. The van der Waals surface area contributed by atoms with Crippen LogP contribution in [0.1, 0.15) is 38.3 Å². The Morgan fingerprint density at radius 1 is 1.03 bits per heavy atom. The molecule has 36 heavy (non-hydrogen) atoms. The summed E-state index contributed by atoms with van der Waals surface area (Å²) in [6.45, 7) is 7.08. The third kappa shape index (κ3) is 7.61. The molecule has 0 saturated heterocycles. The summed E-state index contributed by atoms with van der Waals surface area (Å²) in [5.41, 5.74) is 2.08. The van der Waals surface area contributed by atoms with Crippen LogP contribution >= 0.6 is 0 Å². The lowest BCUT2D eigenvalue weighted by atomic mass is 10.1. The first-order chi connectivity index (χ1) is 16.9. The van der Waals surface area contributed by atoms with E-state index in [1.807, 2.05) is 45.0 Å². The maximum absolute atomic E-state index is 13.6. The summed E-state index contributed by atoms with van der Waals surface area (Å²) in [6.07, 6.45) is 1.76. The van der Waals surface area contributed by atoms with Crippen molar-refractivity contribution in [3.63, 3.8) is 0 Å². The second-order valence-electron chi connectivity index (χ2n) is 8.81. The van der Waals surface area contributed by atoms with Gasteiger partial charge in [0.05, 0.1) is 26.2 Å². The second-order valence-corrected chi connectivity index (χ2v) is 10.7. The van der Waals surface area contributed by atoms with Gasteiger partial charge in [0.1, 0.15) is 24.1 Å². The highest BCUT2D eigenvalue weighted by atomic mass is 32.2. The summed E-state index contributed by atoms with van der Waals surface area (Å²) in [7, 11) is -0.986. The zero-order valence-corrected chi connectivity index (χ0v) is 22.9. The van der Waals surface area contributed by atoms with Gasteiger partial charge in [0.2, 0.25) is 21.8 Å². The average Bonchev–Trinajstić information content (AvgIpc) is 2.85. The predicted molar refractivity (Wildman–Crippen MR) is 141 cm³/mol. The van der Waals surface area contributed by atoms with E-state index in [9.17, 15) is 18.0 Å². The van der Waals surface area contributed by atoms with Crippen molar-refractivity contribution in [2.45, 2.75) is 52.7 Å². The summed E-state index contributed by atoms with van der Waals surface area (Å²) in [4.78, 5) is 28.0. The Kier molecular flexibility index (Phi) is 10.2. The standard InChI is InChI=1S/C26H37N3O6S/c1-8-19(3)27-26(31)20(4)28(16-21-11-9-18(2)10-12-21)25(30)17-29(36(7,32)33)23-14-13-22(34-5)15-24(23)35-6/h9-15,19-20H,8,16-17H2,1-7H3,(H,27,31)/t19-,20+/m1/s1. The van der Waals surface area contributed by atoms with Gasteiger partial charge in [-0.2, -0.15) is 0 Å². The summed E-state index contributed by atoms with van der Waals surface area (Å²) >= 11 is 0. The van der Waals surface area contributed by atoms with Gasteiger partial charge >= 0.3 is 0 Å². The maximum Gasteiger partial charge on any atom is 0.244 e. The summed E-state index contributed by atoms with van der Waals surface area (Å²) in [5.74, 6) is -0.115. The summed E-state index contributed by atoms with van der Waals surface area (Å²) in [6, 6.07) is 11.4. The van der Waals surface area contributed by atoms with Crippen LogP contribution in [0.4, 0.5) is 5.69 Å². The zero-order valence-electron chi connectivity index (χ0n) is 22.1. The van der Waals surface area contributed by atoms with Crippen molar-refractivity contribution >= 4 is 27.5 Å². The minimum Gasteiger partial charge on any atom is -0.497 e. The van der Waals surface area contributed by atoms with Crippen LogP contribution in [-0.4, -0.2) is 64.2 Å². The highest BCUT2D eigenvalue weighted by Gasteiger charge is 2.31. The van der Waals surface area contributed by atoms with Gasteiger partial charge in [-0.1, -0.05) is 36.8 Å². The number of nitrogens with one attached hydrogen (secondary N) is 1. The van der Waals surface area contributed by atoms with Gasteiger partial charge in [0.15, 0.2) is 0 Å². The van der Waals surface area contributed by atoms with Crippen molar-refractivity contribution in [2.75, 3.05) is 31.3 Å². The quantitative estimate of drug-likeness (QED) is 0.462. The van der Waals surface area contributed by atoms with Crippen molar-refractivity contribution < 1.29 is 27.5 Å². The van der Waals surface area contributed by atoms with Gasteiger partial charge < -0.3 is 19.7 Å². The number of carbonyl (C=O) groups is 2. The Bertz CT molecular complexity index is 1150. The number of sulfonamides is 1. The largest absolute Gasteiger partial charge is 0.497 e. The molecule has 0 saturated carbocycles. The number of rotatable bonds is 12. The number of methoxy groups -OCH3 is 2. The topological polar surface area (TPSA) is 105 Å². The van der Waals surface area contributed by atoms with E-state index in [1.165, 1.54) is 25.2 Å². The van der Waals surface area contributed by atoms with Gasteiger partial charge in [-0.05, 0) is 44.9 Å². The number of ether oxygens (including phenoxy) is 2. The molecule has 2 atom stereocenters. The lowest BCUT2D eigenvalue weighted by molar-refractivity contribution is -0.139. The number of nitrogens with zero attached hydrogens (tertiary/aromatic N) is 2. The van der Waals surface area contributed by atoms with Crippen molar-refractivity contribution in [1.82, 2.24) is 10.2 Å². The molecule has 9 nitrogen and oxygen atoms in total. The summed E-state index contributed by atoms with van der Waals surface area (Å²) < 4.78 is 37.1. The highest BCUT2D eigenvalue weighted by Crippen LogP contribution is 2.33. The Labute approximate surface area is 214 Å². The van der Waals surface area contributed by atoms with Gasteiger partial charge in [-0.25, -0.2) is 8.42 Å². The van der Waals surface area contributed by atoms with Gasteiger partial charge in [-0.3, -0.25) is 13.9 Å². The third-order valence-electron chi connectivity index (χ3n) is 5.98. The Hall–Kier alpha value is -3.27. The van der Waals surface area contributed by atoms with Crippen LogP contribution in [0.5, 0.6) is 11.5 Å². The van der Waals surface area contributed by atoms with Crippen molar-refractivity contribution in [1.29, 1.82) is 0 Å². The molecule has 0 spiro atoms. The van der Waals surface area contributed by atoms with Crippen LogP contribution in [-0.2, 0) is 26.2 Å². The number of hydrogen-bond donors (Lipinski definition) is 1. The first kappa shape index (κ1) is 29.0. The molecular weight excluding hydrogens is 482 g/mol. The molecule has 0 aliphatic rings. The number of aryl methyl sites for hydroxylation is 1. The van der Waals surface area contributed by atoms with E-state index in [4.69, 9.17) is 9.47 Å². The molecule has 0 bridgehead atoms. The molecular formula is C26H37N3O6S. The molecule has 10 heteroatoms. The Morgan fingerprint density at radius 2 is 1.67 bits per heavy atom. The van der Waals surface area contributed by atoms with E-state index in [2.05, 4.69) is 5.32 Å². The van der Waals surface area contributed by atoms with Crippen LogP contribution < -0.4 is 19.1 Å². The van der Waals surface area contributed by atoms with Crippen LogP contribution in [0.2, 0.25) is 0 Å². The smallest absolute Gasteiger partial charge is 0.244 e. The fourth-order valence-electron chi connectivity index (χ4n) is 3.52. The molecule has 0 heterocycles. The van der Waals surface area contributed by atoms with E-state index >= 15 is 0 Å². The molecule has 0 radical (unpaired) electrons. The van der Waals surface area contributed by atoms with Crippen molar-refractivity contribution in [3.05, 3.63) is 53.6 Å². The molecule has 2 aromatic carbocycles. The van der Waals surface area contributed by atoms with Crippen LogP contribution in [0.25, 0.3) is 0 Å². The Morgan fingerprint density at radius 3 is 2.19 bits per heavy atom. The fourth-order valence-corrected chi connectivity index (χ4v) is 4.38. The highest BCUT2D eigenvalue weighted by molar-refractivity contribution is 7.92. The molecule has 0 aromatic heterocycles. The first-order valence-electron chi connectivity index (χ1n) is 11.8. The molecule has 1 N–H and O–H groups in total. The van der Waals surface area contributed by atoms with E-state index < -0.39 is 28.5 Å². The number of benzene rings is 2. The monoisotopic (exact) mass is 519 g/mol. The van der Waals surface area contributed by atoms with Crippen molar-refractivity contribution in [2.24, 2.45) is 0 Å². The Balaban J connectivity index is 2.45. The fraction of sp³-hybridized carbons (Fsp3) is 0.462. The van der Waals surface area contributed by atoms with E-state index in [0.29, 0.717) is 5.75 Å². The van der Waals surface area contributed by atoms with E-state index in [0.717, 1.165) is 28.1 Å². The minimum atomic E-state index is -3.88. The molecule has 2 amide bonds. The molecule has 0 aliphatic heterocycles. The predicted octanol–water partition coefficient (Wildman–Crippen LogP) is 3.11. The zero-order chi connectivity index (χ0) is 27.0. The number of amides is 2. The maximum atomic E-state index is 13.6. The van der Waals surface area contributed by atoms with Gasteiger partial charge in [-0.15, -0.1) is 0 Å². The van der Waals surface area contributed by atoms with Gasteiger partial charge in [0, 0.05) is 18.7 Å². The number of hydrogen-bond acceptors (Lipinski definition) is 6.